The molecule has 0 radical (unpaired) electrons. The Morgan fingerprint density at radius 2 is 1.90 bits per heavy atom. The van der Waals surface area contributed by atoms with Crippen molar-refractivity contribution in [3.63, 3.8) is 0 Å². The van der Waals surface area contributed by atoms with Gasteiger partial charge in [-0.3, -0.25) is 9.78 Å². The fourth-order valence-electron chi connectivity index (χ4n) is 1.81. The van der Waals surface area contributed by atoms with E-state index in [1.807, 2.05) is 30.3 Å². The molecule has 0 spiro atoms. The number of carbonyl (C=O) groups excluding carboxylic acids is 1. The lowest BCUT2D eigenvalue weighted by Gasteiger charge is -2.06. The van der Waals surface area contributed by atoms with E-state index in [2.05, 4.69) is 22.4 Å². The van der Waals surface area contributed by atoms with Gasteiger partial charge in [0.1, 0.15) is 0 Å². The molecular weight excluding hydrogens is 250 g/mol. The highest BCUT2D eigenvalue weighted by Gasteiger charge is 2.06. The number of hydrogen-bond acceptors (Lipinski definition) is 3. The zero-order valence-electron chi connectivity index (χ0n) is 11.4. The molecule has 0 atom stereocenters. The maximum absolute atomic E-state index is 11.9. The van der Waals surface area contributed by atoms with Gasteiger partial charge in [0.15, 0.2) is 0 Å². The molecule has 0 unspecified atom stereocenters. The summed E-state index contributed by atoms with van der Waals surface area (Å²) in [5, 5.41) is 4.25. The first-order valence-corrected chi connectivity index (χ1v) is 6.63. The third kappa shape index (κ3) is 3.75. The Kier molecular flexibility index (Phi) is 5.00. The third-order valence-electron chi connectivity index (χ3n) is 2.81. The number of amides is 1. The molecule has 2 rings (SSSR count). The number of carbonyl (C=O) groups is 1. The van der Waals surface area contributed by atoms with Crippen LogP contribution >= 0.6 is 0 Å². The molecule has 0 saturated carbocycles. The minimum Gasteiger partial charge on any atom is -0.267 e. The number of nitrogens with zero attached hydrogens (tertiary/aromatic N) is 2. The summed E-state index contributed by atoms with van der Waals surface area (Å²) in [5.41, 5.74) is 5.00. The van der Waals surface area contributed by atoms with Crippen LogP contribution in [-0.2, 0) is 0 Å². The summed E-state index contributed by atoms with van der Waals surface area (Å²) in [7, 11) is 0. The summed E-state index contributed by atoms with van der Waals surface area (Å²) in [6, 6.07) is 13.3. The largest absolute Gasteiger partial charge is 0.272 e. The number of pyridine rings is 1. The summed E-state index contributed by atoms with van der Waals surface area (Å²) < 4.78 is 0. The predicted octanol–water partition coefficient (Wildman–Crippen LogP) is 3.02. The number of aromatic nitrogens is 1. The Balaban J connectivity index is 2.12. The number of hydrazone groups is 1. The van der Waals surface area contributed by atoms with E-state index in [1.54, 1.807) is 18.3 Å². The van der Waals surface area contributed by atoms with Gasteiger partial charge >= 0.3 is 0 Å². The lowest BCUT2D eigenvalue weighted by Crippen LogP contribution is -2.20. The van der Waals surface area contributed by atoms with Crippen molar-refractivity contribution in [3.8, 4) is 0 Å². The molecule has 1 heterocycles. The van der Waals surface area contributed by atoms with E-state index in [0.717, 1.165) is 24.1 Å². The van der Waals surface area contributed by atoms with E-state index in [1.165, 1.54) is 6.20 Å². The van der Waals surface area contributed by atoms with Crippen molar-refractivity contribution < 1.29 is 4.79 Å². The second-order valence-electron chi connectivity index (χ2n) is 4.36. The Morgan fingerprint density at radius 3 is 2.55 bits per heavy atom. The molecule has 20 heavy (non-hydrogen) atoms. The number of benzene rings is 1. The van der Waals surface area contributed by atoms with Crippen LogP contribution in [0.4, 0.5) is 0 Å². The highest BCUT2D eigenvalue weighted by atomic mass is 16.2. The fourth-order valence-corrected chi connectivity index (χ4v) is 1.81. The van der Waals surface area contributed by atoms with Crippen LogP contribution in [-0.4, -0.2) is 16.6 Å². The van der Waals surface area contributed by atoms with Crippen LogP contribution in [0.2, 0.25) is 0 Å². The zero-order chi connectivity index (χ0) is 14.2. The van der Waals surface area contributed by atoms with Gasteiger partial charge in [-0.15, -0.1) is 0 Å². The van der Waals surface area contributed by atoms with Crippen LogP contribution in [0.25, 0.3) is 0 Å². The van der Waals surface area contributed by atoms with Gasteiger partial charge in [0, 0.05) is 12.4 Å². The lowest BCUT2D eigenvalue weighted by atomic mass is 10.1. The van der Waals surface area contributed by atoms with Crippen LogP contribution in [0.1, 0.15) is 35.7 Å². The summed E-state index contributed by atoms with van der Waals surface area (Å²) in [5.74, 6) is -0.248. The highest BCUT2D eigenvalue weighted by molar-refractivity contribution is 6.02. The first kappa shape index (κ1) is 13.9. The SMILES string of the molecule is CCC/C(=N/NC(=O)c1cccnc1)c1ccccc1. The molecule has 0 aliphatic carbocycles. The average Bonchev–Trinajstić information content (AvgIpc) is 2.53. The van der Waals surface area contributed by atoms with Gasteiger partial charge in [-0.25, -0.2) is 5.43 Å². The van der Waals surface area contributed by atoms with Gasteiger partial charge in [0.2, 0.25) is 0 Å². The maximum atomic E-state index is 11.9. The first-order chi connectivity index (χ1) is 9.81. The third-order valence-corrected chi connectivity index (χ3v) is 2.81. The van der Waals surface area contributed by atoms with Crippen LogP contribution < -0.4 is 5.43 Å². The van der Waals surface area contributed by atoms with Gasteiger partial charge in [-0.05, 0) is 24.1 Å². The smallest absolute Gasteiger partial charge is 0.267 e. The highest BCUT2D eigenvalue weighted by Crippen LogP contribution is 2.06. The van der Waals surface area contributed by atoms with Gasteiger partial charge < -0.3 is 0 Å². The predicted molar refractivity (Wildman–Crippen MR) is 79.6 cm³/mol. The molecule has 1 aromatic carbocycles. The summed E-state index contributed by atoms with van der Waals surface area (Å²) in [6.07, 6.45) is 4.94. The minimum atomic E-state index is -0.248. The monoisotopic (exact) mass is 267 g/mol. The van der Waals surface area contributed by atoms with E-state index in [0.29, 0.717) is 5.56 Å². The van der Waals surface area contributed by atoms with E-state index >= 15 is 0 Å². The molecule has 1 N–H and O–H groups in total. The maximum Gasteiger partial charge on any atom is 0.272 e. The Morgan fingerprint density at radius 1 is 1.15 bits per heavy atom. The molecule has 0 saturated heterocycles. The van der Waals surface area contributed by atoms with Crippen molar-refractivity contribution in [1.82, 2.24) is 10.4 Å². The van der Waals surface area contributed by atoms with Crippen LogP contribution in [0.3, 0.4) is 0 Å². The molecular formula is C16H17N3O. The lowest BCUT2D eigenvalue weighted by molar-refractivity contribution is 0.0954. The Labute approximate surface area is 118 Å². The second kappa shape index (κ2) is 7.19. The molecule has 0 fully saturated rings. The van der Waals surface area contributed by atoms with Crippen molar-refractivity contribution in [2.45, 2.75) is 19.8 Å². The van der Waals surface area contributed by atoms with Crippen molar-refractivity contribution in [2.75, 3.05) is 0 Å². The zero-order valence-corrected chi connectivity index (χ0v) is 11.4. The average molecular weight is 267 g/mol. The van der Waals surface area contributed by atoms with Gasteiger partial charge in [0.05, 0.1) is 11.3 Å². The minimum absolute atomic E-state index is 0.248. The second-order valence-corrected chi connectivity index (χ2v) is 4.36. The van der Waals surface area contributed by atoms with Gasteiger partial charge in [-0.2, -0.15) is 5.10 Å². The molecule has 1 aromatic heterocycles. The first-order valence-electron chi connectivity index (χ1n) is 6.63. The molecule has 4 heteroatoms. The topological polar surface area (TPSA) is 54.4 Å². The molecule has 0 aliphatic heterocycles. The van der Waals surface area contributed by atoms with Crippen molar-refractivity contribution in [3.05, 3.63) is 66.0 Å². The van der Waals surface area contributed by atoms with E-state index < -0.39 is 0 Å². The molecule has 2 aromatic rings. The molecule has 0 aliphatic rings. The van der Waals surface area contributed by atoms with Gasteiger partial charge in [0.25, 0.3) is 5.91 Å². The summed E-state index contributed by atoms with van der Waals surface area (Å²) >= 11 is 0. The van der Waals surface area contributed by atoms with E-state index in [9.17, 15) is 4.79 Å². The van der Waals surface area contributed by atoms with Crippen molar-refractivity contribution in [1.29, 1.82) is 0 Å². The van der Waals surface area contributed by atoms with Crippen LogP contribution in [0.5, 0.6) is 0 Å². The van der Waals surface area contributed by atoms with Crippen molar-refractivity contribution in [2.24, 2.45) is 5.10 Å². The van der Waals surface area contributed by atoms with Crippen LogP contribution in [0.15, 0.2) is 60.0 Å². The molecule has 1 amide bonds. The van der Waals surface area contributed by atoms with Crippen LogP contribution in [0, 0.1) is 0 Å². The van der Waals surface area contributed by atoms with Crippen molar-refractivity contribution >= 4 is 11.6 Å². The van der Waals surface area contributed by atoms with E-state index in [4.69, 9.17) is 0 Å². The number of hydrogen-bond donors (Lipinski definition) is 1. The summed E-state index contributed by atoms with van der Waals surface area (Å²) in [6.45, 7) is 2.08. The number of nitrogens with one attached hydrogen (secondary N) is 1. The summed E-state index contributed by atoms with van der Waals surface area (Å²) in [4.78, 5) is 15.8. The normalized spacial score (nSPS) is 11.2. The van der Waals surface area contributed by atoms with Gasteiger partial charge in [-0.1, -0.05) is 43.7 Å². The standard InChI is InChI=1S/C16H17N3O/c1-2-7-15(13-8-4-3-5-9-13)18-19-16(20)14-10-6-11-17-12-14/h3-6,8-12H,2,7H2,1H3,(H,19,20)/b18-15-. The number of rotatable bonds is 5. The quantitative estimate of drug-likeness (QED) is 0.668. The Bertz CT molecular complexity index is 579. The molecule has 0 bridgehead atoms. The molecule has 4 nitrogen and oxygen atoms in total. The fraction of sp³-hybridized carbons (Fsp3) is 0.188. The van der Waals surface area contributed by atoms with E-state index in [-0.39, 0.29) is 5.91 Å². The molecule has 102 valence electrons. The Hall–Kier alpha value is -2.49.